The van der Waals surface area contributed by atoms with E-state index >= 15 is 0 Å². The molecule has 1 fully saturated rings. The molecular weight excluding hydrogens is 240 g/mol. The molecule has 0 amide bonds. The van der Waals surface area contributed by atoms with Crippen LogP contribution in [0.5, 0.6) is 11.5 Å². The van der Waals surface area contributed by atoms with Gasteiger partial charge in [-0.25, -0.2) is 0 Å². The van der Waals surface area contributed by atoms with E-state index in [0.717, 1.165) is 23.5 Å². The van der Waals surface area contributed by atoms with Crippen LogP contribution in [0.25, 0.3) is 0 Å². The SMILES string of the molecule is COc1ccc2c(c1)OC(C1CCCCC1)C[C@@H]2O. The van der Waals surface area contributed by atoms with E-state index in [1.807, 2.05) is 18.2 Å². The van der Waals surface area contributed by atoms with E-state index in [4.69, 9.17) is 9.47 Å². The summed E-state index contributed by atoms with van der Waals surface area (Å²) in [5, 5.41) is 10.3. The van der Waals surface area contributed by atoms with Crippen molar-refractivity contribution in [1.29, 1.82) is 0 Å². The van der Waals surface area contributed by atoms with E-state index < -0.39 is 6.10 Å². The molecule has 1 saturated carbocycles. The molecule has 0 aromatic heterocycles. The number of hydrogen-bond acceptors (Lipinski definition) is 3. The summed E-state index contributed by atoms with van der Waals surface area (Å²) >= 11 is 0. The summed E-state index contributed by atoms with van der Waals surface area (Å²) in [6, 6.07) is 5.69. The van der Waals surface area contributed by atoms with Crippen LogP contribution in [0.15, 0.2) is 18.2 Å². The Labute approximate surface area is 114 Å². The molecule has 1 aromatic carbocycles. The third-order valence-corrected chi connectivity index (χ3v) is 4.49. The highest BCUT2D eigenvalue weighted by molar-refractivity contribution is 5.43. The molecule has 0 spiro atoms. The lowest BCUT2D eigenvalue weighted by Crippen LogP contribution is -2.34. The van der Waals surface area contributed by atoms with E-state index in [1.54, 1.807) is 7.11 Å². The predicted octanol–water partition coefficient (Wildman–Crippen LogP) is 3.46. The monoisotopic (exact) mass is 262 g/mol. The maximum atomic E-state index is 10.3. The molecule has 1 unspecified atom stereocenters. The molecule has 0 bridgehead atoms. The molecule has 1 N–H and O–H groups in total. The van der Waals surface area contributed by atoms with Crippen molar-refractivity contribution >= 4 is 0 Å². The van der Waals surface area contributed by atoms with Gasteiger partial charge in [0.1, 0.15) is 17.6 Å². The zero-order valence-electron chi connectivity index (χ0n) is 11.5. The van der Waals surface area contributed by atoms with Gasteiger partial charge in [0.2, 0.25) is 0 Å². The van der Waals surface area contributed by atoms with Crippen LogP contribution in [0.3, 0.4) is 0 Å². The molecule has 19 heavy (non-hydrogen) atoms. The maximum absolute atomic E-state index is 10.3. The van der Waals surface area contributed by atoms with Crippen molar-refractivity contribution in [2.75, 3.05) is 7.11 Å². The molecule has 3 rings (SSSR count). The van der Waals surface area contributed by atoms with E-state index in [2.05, 4.69) is 0 Å². The Kier molecular flexibility index (Phi) is 3.65. The Morgan fingerprint density at radius 3 is 2.74 bits per heavy atom. The van der Waals surface area contributed by atoms with Crippen LogP contribution in [0.2, 0.25) is 0 Å². The molecule has 104 valence electrons. The van der Waals surface area contributed by atoms with Gasteiger partial charge < -0.3 is 14.6 Å². The molecule has 1 aromatic rings. The number of aliphatic hydroxyl groups excluding tert-OH is 1. The minimum atomic E-state index is -0.401. The van der Waals surface area contributed by atoms with Gasteiger partial charge >= 0.3 is 0 Å². The highest BCUT2D eigenvalue weighted by atomic mass is 16.5. The van der Waals surface area contributed by atoms with Gasteiger partial charge in [-0.2, -0.15) is 0 Å². The van der Waals surface area contributed by atoms with Crippen LogP contribution in [-0.4, -0.2) is 18.3 Å². The molecule has 1 aliphatic carbocycles. The van der Waals surface area contributed by atoms with Crippen molar-refractivity contribution in [1.82, 2.24) is 0 Å². The van der Waals surface area contributed by atoms with Crippen molar-refractivity contribution in [2.24, 2.45) is 5.92 Å². The van der Waals surface area contributed by atoms with Gasteiger partial charge in [-0.3, -0.25) is 0 Å². The molecule has 0 radical (unpaired) electrons. The number of benzene rings is 1. The van der Waals surface area contributed by atoms with Crippen molar-refractivity contribution in [3.8, 4) is 11.5 Å². The summed E-state index contributed by atoms with van der Waals surface area (Å²) in [6.45, 7) is 0. The average Bonchev–Trinajstić information content (AvgIpc) is 2.47. The third kappa shape index (κ3) is 2.57. The normalized spacial score (nSPS) is 27.5. The quantitative estimate of drug-likeness (QED) is 0.887. The van der Waals surface area contributed by atoms with Gasteiger partial charge in [0.25, 0.3) is 0 Å². The minimum Gasteiger partial charge on any atom is -0.497 e. The van der Waals surface area contributed by atoms with Crippen LogP contribution in [0, 0.1) is 5.92 Å². The fourth-order valence-corrected chi connectivity index (χ4v) is 3.37. The van der Waals surface area contributed by atoms with Crippen molar-refractivity contribution in [3.05, 3.63) is 23.8 Å². The number of hydrogen-bond donors (Lipinski definition) is 1. The van der Waals surface area contributed by atoms with E-state index in [9.17, 15) is 5.11 Å². The van der Waals surface area contributed by atoms with Crippen LogP contribution in [0.1, 0.15) is 50.2 Å². The van der Waals surface area contributed by atoms with Crippen LogP contribution < -0.4 is 9.47 Å². The summed E-state index contributed by atoms with van der Waals surface area (Å²) < 4.78 is 11.4. The second-order valence-corrected chi connectivity index (χ2v) is 5.71. The van der Waals surface area contributed by atoms with E-state index in [0.29, 0.717) is 5.92 Å². The van der Waals surface area contributed by atoms with Crippen LogP contribution in [-0.2, 0) is 0 Å². The summed E-state index contributed by atoms with van der Waals surface area (Å²) in [7, 11) is 1.65. The minimum absolute atomic E-state index is 0.162. The second kappa shape index (κ2) is 5.41. The fourth-order valence-electron chi connectivity index (χ4n) is 3.37. The van der Waals surface area contributed by atoms with Gasteiger partial charge in [0, 0.05) is 18.1 Å². The Balaban J connectivity index is 1.81. The van der Waals surface area contributed by atoms with E-state index in [1.165, 1.54) is 32.1 Å². The van der Waals surface area contributed by atoms with Crippen molar-refractivity contribution < 1.29 is 14.6 Å². The molecule has 3 heteroatoms. The van der Waals surface area contributed by atoms with Crippen molar-refractivity contribution in [3.63, 3.8) is 0 Å². The first-order valence-electron chi connectivity index (χ1n) is 7.30. The summed E-state index contributed by atoms with van der Waals surface area (Å²) in [5.74, 6) is 2.19. The lowest BCUT2D eigenvalue weighted by atomic mass is 9.81. The number of ether oxygens (including phenoxy) is 2. The first-order chi connectivity index (χ1) is 9.28. The highest BCUT2D eigenvalue weighted by Gasteiger charge is 2.33. The average molecular weight is 262 g/mol. The molecule has 0 saturated heterocycles. The number of fused-ring (bicyclic) bond motifs is 1. The Morgan fingerprint density at radius 1 is 1.21 bits per heavy atom. The van der Waals surface area contributed by atoms with Crippen molar-refractivity contribution in [2.45, 2.75) is 50.7 Å². The summed E-state index contributed by atoms with van der Waals surface area (Å²) in [6.07, 6.45) is 6.89. The van der Waals surface area contributed by atoms with E-state index in [-0.39, 0.29) is 6.10 Å². The van der Waals surface area contributed by atoms with Crippen LogP contribution >= 0.6 is 0 Å². The molecule has 3 nitrogen and oxygen atoms in total. The second-order valence-electron chi connectivity index (χ2n) is 5.71. The van der Waals surface area contributed by atoms with Gasteiger partial charge in [-0.05, 0) is 30.9 Å². The third-order valence-electron chi connectivity index (χ3n) is 4.49. The maximum Gasteiger partial charge on any atom is 0.129 e. The highest BCUT2D eigenvalue weighted by Crippen LogP contribution is 2.41. The van der Waals surface area contributed by atoms with Gasteiger partial charge in [-0.15, -0.1) is 0 Å². The zero-order valence-corrected chi connectivity index (χ0v) is 11.5. The Morgan fingerprint density at radius 2 is 2.00 bits per heavy atom. The smallest absolute Gasteiger partial charge is 0.129 e. The van der Waals surface area contributed by atoms with Gasteiger partial charge in [0.15, 0.2) is 0 Å². The lowest BCUT2D eigenvalue weighted by Gasteiger charge is -2.36. The molecule has 2 atom stereocenters. The Bertz CT molecular complexity index is 438. The number of rotatable bonds is 2. The largest absolute Gasteiger partial charge is 0.497 e. The summed E-state index contributed by atoms with van der Waals surface area (Å²) in [4.78, 5) is 0. The molecular formula is C16H22O3. The standard InChI is InChI=1S/C16H22O3/c1-18-12-7-8-13-14(17)10-15(19-16(13)9-12)11-5-3-2-4-6-11/h7-9,11,14-15,17H,2-6,10H2,1H3/t14-,15?/m0/s1. The fraction of sp³-hybridized carbons (Fsp3) is 0.625. The summed E-state index contributed by atoms with van der Waals surface area (Å²) in [5.41, 5.74) is 0.896. The topological polar surface area (TPSA) is 38.7 Å². The molecule has 1 aliphatic heterocycles. The first-order valence-corrected chi connectivity index (χ1v) is 7.30. The van der Waals surface area contributed by atoms with Gasteiger partial charge in [-0.1, -0.05) is 19.3 Å². The Hall–Kier alpha value is -1.22. The first kappa shape index (κ1) is 12.8. The molecule has 2 aliphatic rings. The lowest BCUT2D eigenvalue weighted by molar-refractivity contribution is 0.0232. The predicted molar refractivity (Wildman–Crippen MR) is 73.6 cm³/mol. The van der Waals surface area contributed by atoms with Gasteiger partial charge in [0.05, 0.1) is 13.2 Å². The molecule has 1 heterocycles. The number of methoxy groups -OCH3 is 1. The van der Waals surface area contributed by atoms with Crippen LogP contribution in [0.4, 0.5) is 0 Å². The number of aliphatic hydroxyl groups is 1. The zero-order chi connectivity index (χ0) is 13.2.